The topological polar surface area (TPSA) is 75.6 Å². The number of carbonyl (C=O) groups is 1. The van der Waals surface area contributed by atoms with Gasteiger partial charge in [0.2, 0.25) is 0 Å². The molecule has 3 rings (SSSR count). The number of aryl methyl sites for hydroxylation is 2. The molecular weight excluding hydrogens is 290 g/mol. The number of rotatable bonds is 4. The molecule has 2 heterocycles. The van der Waals surface area contributed by atoms with E-state index in [1.165, 1.54) is 5.56 Å². The number of carbonyl (C=O) groups excluding carboxylic acids is 1. The summed E-state index contributed by atoms with van der Waals surface area (Å²) in [5.41, 5.74) is 3.06. The van der Waals surface area contributed by atoms with E-state index in [9.17, 15) is 4.79 Å². The lowest BCUT2D eigenvalue weighted by molar-refractivity contribution is 0.0909. The molecule has 1 amide bonds. The Labute approximate surface area is 135 Å². The maximum atomic E-state index is 12.4. The van der Waals surface area contributed by atoms with Gasteiger partial charge in [-0.2, -0.15) is 0 Å². The van der Waals surface area contributed by atoms with Gasteiger partial charge in [0.05, 0.1) is 17.1 Å². The predicted octanol–water partition coefficient (Wildman–Crippen LogP) is 2.73. The lowest BCUT2D eigenvalue weighted by Gasteiger charge is -2.20. The molecule has 0 aliphatic carbocycles. The summed E-state index contributed by atoms with van der Waals surface area (Å²) in [7, 11) is 1.80. The molecule has 0 aliphatic rings. The van der Waals surface area contributed by atoms with Gasteiger partial charge >= 0.3 is 0 Å². The summed E-state index contributed by atoms with van der Waals surface area (Å²) in [4.78, 5) is 24.5. The van der Waals surface area contributed by atoms with Crippen LogP contribution in [0.2, 0.25) is 0 Å². The van der Waals surface area contributed by atoms with Crippen molar-refractivity contribution in [2.75, 3.05) is 0 Å². The van der Waals surface area contributed by atoms with Crippen LogP contribution in [0.15, 0.2) is 30.6 Å². The summed E-state index contributed by atoms with van der Waals surface area (Å²) in [5, 5.41) is 3.04. The van der Waals surface area contributed by atoms with Crippen molar-refractivity contribution in [3.8, 4) is 0 Å². The number of aromatic nitrogens is 4. The summed E-state index contributed by atoms with van der Waals surface area (Å²) >= 11 is 0. The van der Waals surface area contributed by atoms with Crippen molar-refractivity contribution >= 4 is 16.9 Å². The highest BCUT2D eigenvalue weighted by molar-refractivity contribution is 5.91. The van der Waals surface area contributed by atoms with Crippen molar-refractivity contribution in [3.05, 3.63) is 47.8 Å². The van der Waals surface area contributed by atoms with Crippen LogP contribution in [0.1, 0.15) is 41.9 Å². The van der Waals surface area contributed by atoms with Gasteiger partial charge in [-0.3, -0.25) is 4.79 Å². The van der Waals surface area contributed by atoms with E-state index in [1.807, 2.05) is 19.1 Å². The minimum absolute atomic E-state index is 0.195. The Hall–Kier alpha value is -2.63. The lowest BCUT2D eigenvalue weighted by Crippen LogP contribution is -2.34. The van der Waals surface area contributed by atoms with Crippen molar-refractivity contribution in [1.82, 2.24) is 24.8 Å². The second-order valence-electron chi connectivity index (χ2n) is 6.20. The van der Waals surface area contributed by atoms with Gasteiger partial charge in [-0.25, -0.2) is 9.97 Å². The number of hydrogen-bond acceptors (Lipinski definition) is 3. The molecule has 0 radical (unpaired) electrons. The van der Waals surface area contributed by atoms with E-state index in [1.54, 1.807) is 24.0 Å². The highest BCUT2D eigenvalue weighted by atomic mass is 16.2. The Morgan fingerprint density at radius 2 is 2.13 bits per heavy atom. The Morgan fingerprint density at radius 3 is 2.78 bits per heavy atom. The zero-order chi connectivity index (χ0) is 16.6. The number of fused-ring (bicyclic) bond motifs is 1. The van der Waals surface area contributed by atoms with E-state index in [0.717, 1.165) is 16.9 Å². The third-order valence-electron chi connectivity index (χ3n) is 3.93. The Bertz CT molecular complexity index is 846. The zero-order valence-electron chi connectivity index (χ0n) is 13.8. The first-order chi connectivity index (χ1) is 11.0. The van der Waals surface area contributed by atoms with Crippen molar-refractivity contribution in [2.45, 2.75) is 26.8 Å². The molecule has 0 bridgehead atoms. The SMILES string of the molecule is Cc1ccc2nc(C(NC(=O)c3nccn3C)C(C)C)[nH]c2c1. The quantitative estimate of drug-likeness (QED) is 0.778. The van der Waals surface area contributed by atoms with Crippen LogP contribution >= 0.6 is 0 Å². The van der Waals surface area contributed by atoms with Crippen LogP contribution in [0.3, 0.4) is 0 Å². The summed E-state index contributed by atoms with van der Waals surface area (Å²) in [5.74, 6) is 1.15. The van der Waals surface area contributed by atoms with Crippen molar-refractivity contribution in [2.24, 2.45) is 13.0 Å². The smallest absolute Gasteiger partial charge is 0.287 e. The summed E-state index contributed by atoms with van der Waals surface area (Å²) < 4.78 is 1.70. The number of imidazole rings is 2. The first kappa shape index (κ1) is 15.3. The molecule has 2 N–H and O–H groups in total. The molecule has 0 spiro atoms. The fraction of sp³-hybridized carbons (Fsp3) is 0.353. The Kier molecular flexibility index (Phi) is 3.90. The van der Waals surface area contributed by atoms with E-state index >= 15 is 0 Å². The molecule has 1 aromatic carbocycles. The summed E-state index contributed by atoms with van der Waals surface area (Å²) in [6.07, 6.45) is 3.37. The van der Waals surface area contributed by atoms with Crippen LogP contribution in [0.25, 0.3) is 11.0 Å². The molecule has 0 saturated carbocycles. The van der Waals surface area contributed by atoms with Crippen LogP contribution in [0.5, 0.6) is 0 Å². The molecule has 6 heteroatoms. The third kappa shape index (κ3) is 2.97. The number of H-pyrrole nitrogens is 1. The van der Waals surface area contributed by atoms with Gasteiger partial charge in [0.1, 0.15) is 5.82 Å². The monoisotopic (exact) mass is 311 g/mol. The van der Waals surface area contributed by atoms with Crippen molar-refractivity contribution < 1.29 is 4.79 Å². The average Bonchev–Trinajstić information content (AvgIpc) is 3.09. The Balaban J connectivity index is 1.91. The predicted molar refractivity (Wildman–Crippen MR) is 89.1 cm³/mol. The Morgan fingerprint density at radius 1 is 1.35 bits per heavy atom. The highest BCUT2D eigenvalue weighted by Gasteiger charge is 2.23. The molecule has 3 aromatic rings. The third-order valence-corrected chi connectivity index (χ3v) is 3.93. The van der Waals surface area contributed by atoms with Crippen LogP contribution in [-0.2, 0) is 7.05 Å². The molecule has 1 unspecified atom stereocenters. The fourth-order valence-corrected chi connectivity index (χ4v) is 2.63. The van der Waals surface area contributed by atoms with Gasteiger partial charge < -0.3 is 14.9 Å². The maximum Gasteiger partial charge on any atom is 0.287 e. The van der Waals surface area contributed by atoms with Crippen LogP contribution in [0.4, 0.5) is 0 Å². The van der Waals surface area contributed by atoms with Crippen LogP contribution in [-0.4, -0.2) is 25.4 Å². The largest absolute Gasteiger partial charge is 0.340 e. The maximum absolute atomic E-state index is 12.4. The van der Waals surface area contributed by atoms with Gasteiger partial charge in [0.15, 0.2) is 5.82 Å². The fourth-order valence-electron chi connectivity index (χ4n) is 2.63. The molecule has 0 fully saturated rings. The normalized spacial score (nSPS) is 12.7. The standard InChI is InChI=1S/C17H21N5O/c1-10(2)14(21-17(23)16-18-7-8-22(16)4)15-19-12-6-5-11(3)9-13(12)20-15/h5-10,14H,1-4H3,(H,19,20)(H,21,23). The van der Waals surface area contributed by atoms with Gasteiger partial charge in [-0.1, -0.05) is 19.9 Å². The molecule has 6 nitrogen and oxygen atoms in total. The molecule has 120 valence electrons. The number of nitrogens with one attached hydrogen (secondary N) is 2. The van der Waals surface area contributed by atoms with E-state index in [-0.39, 0.29) is 17.9 Å². The molecule has 0 aliphatic heterocycles. The number of nitrogens with zero attached hydrogens (tertiary/aromatic N) is 3. The molecule has 0 saturated heterocycles. The number of hydrogen-bond donors (Lipinski definition) is 2. The second kappa shape index (κ2) is 5.87. The summed E-state index contributed by atoms with van der Waals surface area (Å²) in [6, 6.07) is 5.88. The van der Waals surface area contributed by atoms with Gasteiger partial charge in [0, 0.05) is 19.4 Å². The van der Waals surface area contributed by atoms with Crippen LogP contribution in [0, 0.1) is 12.8 Å². The number of aromatic amines is 1. The van der Waals surface area contributed by atoms with E-state index in [2.05, 4.69) is 40.2 Å². The van der Waals surface area contributed by atoms with E-state index in [4.69, 9.17) is 0 Å². The van der Waals surface area contributed by atoms with E-state index in [0.29, 0.717) is 5.82 Å². The van der Waals surface area contributed by atoms with Crippen molar-refractivity contribution in [1.29, 1.82) is 0 Å². The molecule has 2 aromatic heterocycles. The van der Waals surface area contributed by atoms with Crippen molar-refractivity contribution in [3.63, 3.8) is 0 Å². The molecule has 1 atom stereocenters. The first-order valence-corrected chi connectivity index (χ1v) is 7.70. The second-order valence-corrected chi connectivity index (χ2v) is 6.20. The number of benzene rings is 1. The van der Waals surface area contributed by atoms with Gasteiger partial charge in [-0.05, 0) is 30.5 Å². The number of amides is 1. The van der Waals surface area contributed by atoms with Gasteiger partial charge in [-0.15, -0.1) is 0 Å². The minimum Gasteiger partial charge on any atom is -0.340 e. The summed E-state index contributed by atoms with van der Waals surface area (Å²) in [6.45, 7) is 6.16. The average molecular weight is 311 g/mol. The lowest BCUT2D eigenvalue weighted by atomic mass is 10.0. The zero-order valence-corrected chi connectivity index (χ0v) is 13.8. The first-order valence-electron chi connectivity index (χ1n) is 7.70. The van der Waals surface area contributed by atoms with E-state index < -0.39 is 0 Å². The highest BCUT2D eigenvalue weighted by Crippen LogP contribution is 2.23. The minimum atomic E-state index is -0.202. The molecular formula is C17H21N5O. The van der Waals surface area contributed by atoms with Gasteiger partial charge in [0.25, 0.3) is 5.91 Å². The van der Waals surface area contributed by atoms with Crippen LogP contribution < -0.4 is 5.32 Å². The molecule has 23 heavy (non-hydrogen) atoms.